The number of methoxy groups -OCH3 is 2. The van der Waals surface area contributed by atoms with Crippen molar-refractivity contribution in [1.82, 2.24) is 4.90 Å². The molecule has 0 atom stereocenters. The summed E-state index contributed by atoms with van der Waals surface area (Å²) in [4.78, 5) is 27.3. The van der Waals surface area contributed by atoms with Gasteiger partial charge in [-0.25, -0.2) is 0 Å². The Hall–Kier alpha value is -2.83. The van der Waals surface area contributed by atoms with Gasteiger partial charge in [-0.15, -0.1) is 0 Å². The van der Waals surface area contributed by atoms with E-state index in [0.29, 0.717) is 40.6 Å². The van der Waals surface area contributed by atoms with Gasteiger partial charge in [-0.2, -0.15) is 0 Å². The van der Waals surface area contributed by atoms with Crippen molar-refractivity contribution in [3.05, 3.63) is 64.8 Å². The van der Waals surface area contributed by atoms with Gasteiger partial charge in [-0.05, 0) is 30.2 Å². The summed E-state index contributed by atoms with van der Waals surface area (Å²) in [6.45, 7) is 0.738. The van der Waals surface area contributed by atoms with Crippen LogP contribution < -0.4 is 10.1 Å². The number of halogens is 1. The lowest BCUT2D eigenvalue weighted by atomic mass is 10.0. The fourth-order valence-corrected chi connectivity index (χ4v) is 3.22. The Labute approximate surface area is 168 Å². The van der Waals surface area contributed by atoms with E-state index < -0.39 is 0 Å². The van der Waals surface area contributed by atoms with Crippen molar-refractivity contribution in [2.45, 2.75) is 6.42 Å². The Kier molecular flexibility index (Phi) is 6.34. The number of nitrogens with one attached hydrogen (secondary N) is 1. The largest absolute Gasteiger partial charge is 0.495 e. The number of hydrogen-bond donors (Lipinski definition) is 1. The van der Waals surface area contributed by atoms with Crippen molar-refractivity contribution < 1.29 is 19.1 Å². The molecule has 6 nitrogen and oxygen atoms in total. The van der Waals surface area contributed by atoms with Gasteiger partial charge >= 0.3 is 0 Å². The minimum atomic E-state index is -0.387. The highest BCUT2D eigenvalue weighted by Crippen LogP contribution is 2.34. The van der Waals surface area contributed by atoms with Crippen molar-refractivity contribution in [3.8, 4) is 5.75 Å². The summed E-state index contributed by atoms with van der Waals surface area (Å²) in [5, 5.41) is 3.56. The molecule has 2 aromatic rings. The number of benzene rings is 2. The Morgan fingerprint density at radius 3 is 2.46 bits per heavy atom. The average molecular weight is 401 g/mol. The number of nitrogens with zero attached hydrogens (tertiary/aromatic N) is 1. The maximum Gasteiger partial charge on any atom is 0.278 e. The van der Waals surface area contributed by atoms with Gasteiger partial charge in [-0.3, -0.25) is 14.5 Å². The highest BCUT2D eigenvalue weighted by Gasteiger charge is 2.39. The number of hydrogen-bond acceptors (Lipinski definition) is 5. The quantitative estimate of drug-likeness (QED) is 0.542. The van der Waals surface area contributed by atoms with Crippen LogP contribution in [0, 0.1) is 0 Å². The van der Waals surface area contributed by atoms with E-state index in [0.717, 1.165) is 0 Å². The second-order valence-electron chi connectivity index (χ2n) is 6.19. The molecule has 0 unspecified atom stereocenters. The van der Waals surface area contributed by atoms with Crippen LogP contribution >= 0.6 is 11.6 Å². The molecule has 0 radical (unpaired) electrons. The molecule has 146 valence electrons. The highest BCUT2D eigenvalue weighted by molar-refractivity contribution is 6.36. The van der Waals surface area contributed by atoms with E-state index in [-0.39, 0.29) is 24.1 Å². The third-order valence-corrected chi connectivity index (χ3v) is 4.62. The molecule has 7 heteroatoms. The first-order chi connectivity index (χ1) is 13.6. The lowest BCUT2D eigenvalue weighted by Gasteiger charge is -2.15. The molecule has 1 heterocycles. The summed E-state index contributed by atoms with van der Waals surface area (Å²) < 4.78 is 10.4. The number of rotatable bonds is 8. The smallest absolute Gasteiger partial charge is 0.278 e. The fraction of sp³-hybridized carbons (Fsp3) is 0.238. The standard InChI is InChI=1S/C21H21ClN2O4/c1-27-12-6-11-24-20(25)18(14-7-4-3-5-8-14)19(21(24)26)23-16-13-15(22)9-10-17(16)28-2/h3-5,7-10,13,23H,6,11-12H2,1-2H3. The number of ether oxygens (including phenoxy) is 2. The van der Waals surface area contributed by atoms with Crippen LogP contribution in [0.1, 0.15) is 12.0 Å². The van der Waals surface area contributed by atoms with Gasteiger partial charge in [0, 0.05) is 25.3 Å². The Balaban J connectivity index is 2.02. The fourth-order valence-electron chi connectivity index (χ4n) is 3.05. The maximum atomic E-state index is 13.1. The number of anilines is 1. The number of carbonyl (C=O) groups is 2. The second-order valence-corrected chi connectivity index (χ2v) is 6.63. The molecular formula is C21H21ClN2O4. The SMILES string of the molecule is COCCCN1C(=O)C(Nc2cc(Cl)ccc2OC)=C(c2ccccc2)C1=O. The van der Waals surface area contributed by atoms with Crippen molar-refractivity contribution in [3.63, 3.8) is 0 Å². The number of carbonyl (C=O) groups excluding carboxylic acids is 2. The predicted octanol–water partition coefficient (Wildman–Crippen LogP) is 3.58. The molecule has 1 N–H and O–H groups in total. The summed E-state index contributed by atoms with van der Waals surface area (Å²) in [6, 6.07) is 14.2. The first-order valence-electron chi connectivity index (χ1n) is 8.82. The van der Waals surface area contributed by atoms with Crippen LogP contribution in [-0.2, 0) is 14.3 Å². The van der Waals surface area contributed by atoms with Crippen LogP contribution in [0.2, 0.25) is 5.02 Å². The third-order valence-electron chi connectivity index (χ3n) is 4.38. The molecule has 0 aliphatic carbocycles. The molecule has 1 aliphatic heterocycles. The molecule has 0 aromatic heterocycles. The molecule has 0 bridgehead atoms. The molecule has 2 aromatic carbocycles. The van der Waals surface area contributed by atoms with Crippen LogP contribution in [0.4, 0.5) is 5.69 Å². The van der Waals surface area contributed by atoms with E-state index in [1.54, 1.807) is 37.4 Å². The van der Waals surface area contributed by atoms with E-state index in [9.17, 15) is 9.59 Å². The monoisotopic (exact) mass is 400 g/mol. The zero-order valence-electron chi connectivity index (χ0n) is 15.7. The summed E-state index contributed by atoms with van der Waals surface area (Å²) in [5.41, 5.74) is 1.70. The lowest BCUT2D eigenvalue weighted by Crippen LogP contribution is -2.33. The minimum Gasteiger partial charge on any atom is -0.495 e. The van der Waals surface area contributed by atoms with Crippen LogP contribution in [-0.4, -0.2) is 44.1 Å². The van der Waals surface area contributed by atoms with Crippen molar-refractivity contribution in [2.75, 3.05) is 32.7 Å². The van der Waals surface area contributed by atoms with Crippen LogP contribution in [0.25, 0.3) is 5.57 Å². The predicted molar refractivity (Wildman–Crippen MR) is 108 cm³/mol. The van der Waals surface area contributed by atoms with Gasteiger partial charge in [0.25, 0.3) is 11.8 Å². The molecule has 0 saturated heterocycles. The Morgan fingerprint density at radius 1 is 1.04 bits per heavy atom. The molecule has 0 fully saturated rings. The van der Waals surface area contributed by atoms with Crippen LogP contribution in [0.15, 0.2) is 54.2 Å². The molecule has 1 aliphatic rings. The lowest BCUT2D eigenvalue weighted by molar-refractivity contribution is -0.136. The summed E-state index contributed by atoms with van der Waals surface area (Å²) in [6.07, 6.45) is 0.559. The van der Waals surface area contributed by atoms with E-state index in [1.807, 2.05) is 18.2 Å². The Bertz CT molecular complexity index is 912. The number of imide groups is 1. The first-order valence-corrected chi connectivity index (χ1v) is 9.20. The van der Waals surface area contributed by atoms with Gasteiger partial charge in [0.05, 0.1) is 18.4 Å². The van der Waals surface area contributed by atoms with E-state index in [2.05, 4.69) is 5.32 Å². The maximum absolute atomic E-state index is 13.1. The van der Waals surface area contributed by atoms with Gasteiger partial charge in [0.15, 0.2) is 0 Å². The van der Waals surface area contributed by atoms with Crippen molar-refractivity contribution in [2.24, 2.45) is 0 Å². The van der Waals surface area contributed by atoms with E-state index in [4.69, 9.17) is 21.1 Å². The van der Waals surface area contributed by atoms with Crippen LogP contribution in [0.5, 0.6) is 5.75 Å². The molecule has 0 spiro atoms. The second kappa shape index (κ2) is 8.91. The van der Waals surface area contributed by atoms with Gasteiger partial charge in [0.2, 0.25) is 0 Å². The normalized spacial score (nSPS) is 14.0. The Morgan fingerprint density at radius 2 is 1.79 bits per heavy atom. The molecule has 28 heavy (non-hydrogen) atoms. The van der Waals surface area contributed by atoms with Crippen molar-refractivity contribution in [1.29, 1.82) is 0 Å². The minimum absolute atomic E-state index is 0.203. The van der Waals surface area contributed by atoms with Gasteiger partial charge < -0.3 is 14.8 Å². The van der Waals surface area contributed by atoms with Crippen molar-refractivity contribution >= 4 is 34.7 Å². The topological polar surface area (TPSA) is 67.9 Å². The zero-order valence-corrected chi connectivity index (χ0v) is 16.5. The molecule has 0 saturated carbocycles. The van der Waals surface area contributed by atoms with E-state index >= 15 is 0 Å². The highest BCUT2D eigenvalue weighted by atomic mass is 35.5. The molecule has 3 rings (SSSR count). The summed E-state index contributed by atoms with van der Waals surface area (Å²) >= 11 is 6.10. The van der Waals surface area contributed by atoms with E-state index in [1.165, 1.54) is 12.0 Å². The average Bonchev–Trinajstić information content (AvgIpc) is 2.93. The molecular weight excluding hydrogens is 380 g/mol. The third kappa shape index (κ3) is 4.03. The van der Waals surface area contributed by atoms with Crippen LogP contribution in [0.3, 0.4) is 0 Å². The van der Waals surface area contributed by atoms with Gasteiger partial charge in [0.1, 0.15) is 11.4 Å². The summed E-state index contributed by atoms with van der Waals surface area (Å²) in [5.74, 6) is -0.208. The first kappa shape index (κ1) is 19.9. The summed E-state index contributed by atoms with van der Waals surface area (Å²) in [7, 11) is 3.11. The van der Waals surface area contributed by atoms with Gasteiger partial charge in [-0.1, -0.05) is 41.9 Å². The molecule has 2 amide bonds. The zero-order chi connectivity index (χ0) is 20.1. The number of amides is 2.